The predicted octanol–water partition coefficient (Wildman–Crippen LogP) is 3.14. The Bertz CT molecular complexity index is 604. The van der Waals surface area contributed by atoms with Crippen LogP contribution in [0.15, 0.2) is 22.7 Å². The number of anilines is 1. The summed E-state index contributed by atoms with van der Waals surface area (Å²) < 4.78 is 2.04. The molecule has 3 nitrogen and oxygen atoms in total. The van der Waals surface area contributed by atoms with Crippen molar-refractivity contribution in [3.8, 4) is 0 Å². The van der Waals surface area contributed by atoms with Crippen molar-refractivity contribution in [2.75, 3.05) is 5.73 Å². The molecular weight excluding hydrogens is 300 g/mol. The summed E-state index contributed by atoms with van der Waals surface area (Å²) in [5.41, 5.74) is 6.61. The van der Waals surface area contributed by atoms with Gasteiger partial charge in [0.25, 0.3) is 5.91 Å². The zero-order chi connectivity index (χ0) is 12.0. The second-order valence-electron chi connectivity index (χ2n) is 4.23. The normalized spacial score (nSPS) is 15.1. The summed E-state index contributed by atoms with van der Waals surface area (Å²) in [5, 5.41) is 3.92. The van der Waals surface area contributed by atoms with Crippen LogP contribution < -0.4 is 11.1 Å². The van der Waals surface area contributed by atoms with Crippen molar-refractivity contribution in [2.24, 2.45) is 0 Å². The average molecular weight is 311 g/mol. The SMILES string of the molecule is Nc1c(C(=O)NC2CC2)sc2cc(Br)ccc12. The van der Waals surface area contributed by atoms with E-state index in [9.17, 15) is 4.79 Å². The molecule has 3 N–H and O–H groups in total. The summed E-state index contributed by atoms with van der Waals surface area (Å²) in [6.07, 6.45) is 2.17. The quantitative estimate of drug-likeness (QED) is 0.895. The standard InChI is InChI=1S/C12H11BrN2OS/c13-6-1-4-8-9(5-6)17-11(10(8)14)12(16)15-7-2-3-7/h1,4-5,7H,2-3,14H2,(H,15,16). The lowest BCUT2D eigenvalue weighted by Crippen LogP contribution is -2.25. The average Bonchev–Trinajstić information content (AvgIpc) is 3.03. The second-order valence-corrected chi connectivity index (χ2v) is 6.20. The van der Waals surface area contributed by atoms with Gasteiger partial charge in [-0.3, -0.25) is 4.79 Å². The van der Waals surface area contributed by atoms with E-state index in [0.29, 0.717) is 16.6 Å². The number of fused-ring (bicyclic) bond motifs is 1. The third-order valence-electron chi connectivity index (χ3n) is 2.81. The summed E-state index contributed by atoms with van der Waals surface area (Å²) in [4.78, 5) is 12.6. The van der Waals surface area contributed by atoms with Gasteiger partial charge in [0.05, 0.1) is 5.69 Å². The molecule has 1 aliphatic rings. The minimum atomic E-state index is -0.0395. The number of hydrogen-bond donors (Lipinski definition) is 2. The highest BCUT2D eigenvalue weighted by molar-refractivity contribution is 9.10. The van der Waals surface area contributed by atoms with Crippen LogP contribution >= 0.6 is 27.3 Å². The molecule has 1 aromatic heterocycles. The van der Waals surface area contributed by atoms with E-state index in [1.54, 1.807) is 0 Å². The molecule has 0 saturated heterocycles. The molecule has 0 bridgehead atoms. The predicted molar refractivity (Wildman–Crippen MR) is 74.4 cm³/mol. The first-order valence-electron chi connectivity index (χ1n) is 5.43. The molecule has 0 unspecified atom stereocenters. The number of rotatable bonds is 2. The zero-order valence-electron chi connectivity index (χ0n) is 9.00. The molecule has 0 radical (unpaired) electrons. The van der Waals surface area contributed by atoms with Crippen LogP contribution in [0.25, 0.3) is 10.1 Å². The van der Waals surface area contributed by atoms with Gasteiger partial charge in [-0.1, -0.05) is 22.0 Å². The molecule has 1 amide bonds. The van der Waals surface area contributed by atoms with Crippen molar-refractivity contribution in [3.05, 3.63) is 27.5 Å². The minimum absolute atomic E-state index is 0.0395. The van der Waals surface area contributed by atoms with Crippen molar-refractivity contribution >= 4 is 48.9 Å². The van der Waals surface area contributed by atoms with Crippen molar-refractivity contribution in [3.63, 3.8) is 0 Å². The third kappa shape index (κ3) is 2.05. The third-order valence-corrected chi connectivity index (χ3v) is 4.47. The smallest absolute Gasteiger partial charge is 0.263 e. The number of hydrogen-bond acceptors (Lipinski definition) is 3. The van der Waals surface area contributed by atoms with E-state index in [1.165, 1.54) is 11.3 Å². The number of benzene rings is 1. The molecule has 1 saturated carbocycles. The Morgan fingerprint density at radius 3 is 2.94 bits per heavy atom. The van der Waals surface area contributed by atoms with Crippen LogP contribution in [-0.4, -0.2) is 11.9 Å². The molecule has 1 fully saturated rings. The van der Waals surface area contributed by atoms with Gasteiger partial charge in [-0.05, 0) is 25.0 Å². The highest BCUT2D eigenvalue weighted by Gasteiger charge is 2.26. The minimum Gasteiger partial charge on any atom is -0.397 e. The fraction of sp³-hybridized carbons (Fsp3) is 0.250. The topological polar surface area (TPSA) is 55.1 Å². The van der Waals surface area contributed by atoms with E-state index in [-0.39, 0.29) is 5.91 Å². The first-order chi connectivity index (χ1) is 8.15. The fourth-order valence-corrected chi connectivity index (χ4v) is 3.32. The van der Waals surface area contributed by atoms with Crippen LogP contribution in [0.1, 0.15) is 22.5 Å². The maximum atomic E-state index is 12.0. The van der Waals surface area contributed by atoms with Crippen molar-refractivity contribution < 1.29 is 4.79 Å². The Kier molecular flexibility index (Phi) is 2.60. The number of nitrogen functional groups attached to an aromatic ring is 1. The number of halogens is 1. The van der Waals surface area contributed by atoms with Crippen LogP contribution in [0, 0.1) is 0 Å². The van der Waals surface area contributed by atoms with Gasteiger partial charge in [0.2, 0.25) is 0 Å². The van der Waals surface area contributed by atoms with Gasteiger partial charge in [-0.2, -0.15) is 0 Å². The molecule has 17 heavy (non-hydrogen) atoms. The molecule has 1 aromatic carbocycles. The van der Waals surface area contributed by atoms with Crippen LogP contribution in [0.2, 0.25) is 0 Å². The lowest BCUT2D eigenvalue weighted by molar-refractivity contribution is 0.0956. The van der Waals surface area contributed by atoms with Crippen molar-refractivity contribution in [1.29, 1.82) is 0 Å². The molecular formula is C12H11BrN2OS. The maximum absolute atomic E-state index is 12.0. The van der Waals surface area contributed by atoms with E-state index in [0.717, 1.165) is 27.4 Å². The van der Waals surface area contributed by atoms with Crippen LogP contribution in [0.4, 0.5) is 5.69 Å². The number of carbonyl (C=O) groups is 1. The van der Waals surface area contributed by atoms with E-state index in [1.807, 2.05) is 18.2 Å². The molecule has 0 aliphatic heterocycles. The highest BCUT2D eigenvalue weighted by atomic mass is 79.9. The molecule has 3 rings (SSSR count). The summed E-state index contributed by atoms with van der Waals surface area (Å²) in [6, 6.07) is 6.23. The van der Waals surface area contributed by atoms with E-state index >= 15 is 0 Å². The Morgan fingerprint density at radius 2 is 2.24 bits per heavy atom. The summed E-state index contributed by atoms with van der Waals surface area (Å²) in [7, 11) is 0. The molecule has 1 heterocycles. The lowest BCUT2D eigenvalue weighted by atomic mass is 10.2. The molecule has 2 aromatic rings. The number of carbonyl (C=O) groups excluding carboxylic acids is 1. The molecule has 0 atom stereocenters. The molecule has 88 valence electrons. The van der Waals surface area contributed by atoms with Gasteiger partial charge in [-0.15, -0.1) is 11.3 Å². The Labute approximate surface area is 111 Å². The number of thiophene rings is 1. The Morgan fingerprint density at radius 1 is 1.47 bits per heavy atom. The summed E-state index contributed by atoms with van der Waals surface area (Å²) in [5.74, 6) is -0.0395. The number of amides is 1. The first kappa shape index (κ1) is 11.0. The summed E-state index contributed by atoms with van der Waals surface area (Å²) >= 11 is 4.87. The maximum Gasteiger partial charge on any atom is 0.263 e. The second kappa shape index (κ2) is 3.99. The van der Waals surface area contributed by atoms with Gasteiger partial charge in [-0.25, -0.2) is 0 Å². The van der Waals surface area contributed by atoms with Crippen molar-refractivity contribution in [1.82, 2.24) is 5.32 Å². The molecule has 5 heteroatoms. The summed E-state index contributed by atoms with van der Waals surface area (Å²) in [6.45, 7) is 0. The van der Waals surface area contributed by atoms with Gasteiger partial charge in [0.1, 0.15) is 4.88 Å². The zero-order valence-corrected chi connectivity index (χ0v) is 11.4. The van der Waals surface area contributed by atoms with E-state index < -0.39 is 0 Å². The van der Waals surface area contributed by atoms with E-state index in [4.69, 9.17) is 5.73 Å². The number of nitrogens with one attached hydrogen (secondary N) is 1. The van der Waals surface area contributed by atoms with Crippen LogP contribution in [-0.2, 0) is 0 Å². The van der Waals surface area contributed by atoms with Crippen LogP contribution in [0.3, 0.4) is 0 Å². The lowest BCUT2D eigenvalue weighted by Gasteiger charge is -2.00. The van der Waals surface area contributed by atoms with Gasteiger partial charge < -0.3 is 11.1 Å². The highest BCUT2D eigenvalue weighted by Crippen LogP contribution is 2.35. The molecule has 1 aliphatic carbocycles. The fourth-order valence-electron chi connectivity index (χ4n) is 1.74. The van der Waals surface area contributed by atoms with Gasteiger partial charge in [0.15, 0.2) is 0 Å². The number of nitrogens with two attached hydrogens (primary N) is 1. The largest absolute Gasteiger partial charge is 0.397 e. The van der Waals surface area contributed by atoms with Crippen LogP contribution in [0.5, 0.6) is 0 Å². The van der Waals surface area contributed by atoms with Gasteiger partial charge in [0, 0.05) is 20.6 Å². The van der Waals surface area contributed by atoms with Crippen molar-refractivity contribution in [2.45, 2.75) is 18.9 Å². The molecule has 0 spiro atoms. The van der Waals surface area contributed by atoms with Gasteiger partial charge >= 0.3 is 0 Å². The van der Waals surface area contributed by atoms with E-state index in [2.05, 4.69) is 21.2 Å². The first-order valence-corrected chi connectivity index (χ1v) is 7.04. The monoisotopic (exact) mass is 310 g/mol. The Hall–Kier alpha value is -1.07. The Balaban J connectivity index is 2.03.